The molecule has 0 aliphatic carbocycles. The predicted molar refractivity (Wildman–Crippen MR) is 133 cm³/mol. The van der Waals surface area contributed by atoms with E-state index in [1.165, 1.54) is 4.88 Å². The fourth-order valence-electron chi connectivity index (χ4n) is 3.99. The number of hydrogen-bond acceptors (Lipinski definition) is 6. The Kier molecular flexibility index (Phi) is 7.65. The van der Waals surface area contributed by atoms with E-state index in [2.05, 4.69) is 16.8 Å². The molecule has 4 rings (SSSR count). The van der Waals surface area contributed by atoms with Gasteiger partial charge in [-0.05, 0) is 68.2 Å². The first-order chi connectivity index (χ1) is 15.5. The zero-order valence-corrected chi connectivity index (χ0v) is 20.7. The Labute approximate surface area is 201 Å². The normalized spacial score (nSPS) is 14.5. The largest absolute Gasteiger partial charge is 0.352 e. The van der Waals surface area contributed by atoms with Crippen molar-refractivity contribution in [1.82, 2.24) is 15.2 Å². The number of aryl methyl sites for hydroxylation is 1. The van der Waals surface area contributed by atoms with Crippen molar-refractivity contribution in [2.45, 2.75) is 36.3 Å². The van der Waals surface area contributed by atoms with E-state index in [0.29, 0.717) is 25.2 Å². The second-order valence-electron chi connectivity index (χ2n) is 7.86. The number of piperidine rings is 1. The first-order valence-electron chi connectivity index (χ1n) is 10.8. The molecule has 0 aromatic carbocycles. The second-order valence-corrected chi connectivity index (χ2v) is 11.1. The SMILES string of the molecule is CSc1ccc(C(=O)N2CCC(c3nc(C)ccc3C(=O)NCCc3cccs3)CC2)s1. The van der Waals surface area contributed by atoms with Gasteiger partial charge >= 0.3 is 0 Å². The van der Waals surface area contributed by atoms with Crippen LogP contribution >= 0.6 is 34.4 Å². The number of nitrogens with zero attached hydrogens (tertiary/aromatic N) is 2. The van der Waals surface area contributed by atoms with Crippen LogP contribution < -0.4 is 5.32 Å². The third-order valence-electron chi connectivity index (χ3n) is 5.71. The van der Waals surface area contributed by atoms with Crippen LogP contribution in [0, 0.1) is 6.92 Å². The van der Waals surface area contributed by atoms with Gasteiger partial charge in [-0.1, -0.05) is 6.07 Å². The molecule has 0 bridgehead atoms. The Morgan fingerprint density at radius 2 is 2.00 bits per heavy atom. The maximum atomic E-state index is 12.9. The fourth-order valence-corrected chi connectivity index (χ4v) is 6.21. The standard InChI is InChI=1S/C24H27N3O2S3/c1-16-5-6-19(23(28)25-12-9-18-4-3-15-31-18)22(26-16)17-10-13-27(14-11-17)24(29)20-7-8-21(30-2)32-20/h3-8,15,17H,9-14H2,1-2H3,(H,25,28). The lowest BCUT2D eigenvalue weighted by Gasteiger charge is -2.32. The van der Waals surface area contributed by atoms with Gasteiger partial charge in [-0.3, -0.25) is 14.6 Å². The Morgan fingerprint density at radius 3 is 2.69 bits per heavy atom. The second kappa shape index (κ2) is 10.6. The topological polar surface area (TPSA) is 62.3 Å². The fraction of sp³-hybridized carbons (Fsp3) is 0.375. The first-order valence-corrected chi connectivity index (χ1v) is 13.7. The number of pyridine rings is 1. The van der Waals surface area contributed by atoms with E-state index >= 15 is 0 Å². The molecule has 0 spiro atoms. The summed E-state index contributed by atoms with van der Waals surface area (Å²) in [7, 11) is 0. The van der Waals surface area contributed by atoms with Crippen molar-refractivity contribution in [1.29, 1.82) is 0 Å². The predicted octanol–water partition coefficient (Wildman–Crippen LogP) is 5.23. The van der Waals surface area contributed by atoms with Crippen LogP contribution in [0.5, 0.6) is 0 Å². The molecule has 0 atom stereocenters. The quantitative estimate of drug-likeness (QED) is 0.466. The number of hydrogen-bond donors (Lipinski definition) is 1. The molecular formula is C24H27N3O2S3. The van der Waals surface area contributed by atoms with Crippen molar-refractivity contribution in [3.63, 3.8) is 0 Å². The average Bonchev–Trinajstić information content (AvgIpc) is 3.51. The molecule has 8 heteroatoms. The number of carbonyl (C=O) groups excluding carboxylic acids is 2. The molecule has 0 radical (unpaired) electrons. The maximum Gasteiger partial charge on any atom is 0.263 e. The van der Waals surface area contributed by atoms with Gasteiger partial charge in [0.05, 0.1) is 20.3 Å². The Hall–Kier alpha value is -2.16. The van der Waals surface area contributed by atoms with Crippen LogP contribution in [0.3, 0.4) is 0 Å². The summed E-state index contributed by atoms with van der Waals surface area (Å²) in [4.78, 5) is 34.5. The van der Waals surface area contributed by atoms with Gasteiger partial charge in [-0.15, -0.1) is 34.4 Å². The van der Waals surface area contributed by atoms with E-state index in [1.807, 2.05) is 48.4 Å². The lowest BCUT2D eigenvalue weighted by Crippen LogP contribution is -2.38. The number of nitrogens with one attached hydrogen (secondary N) is 1. The Balaban J connectivity index is 1.39. The van der Waals surface area contributed by atoms with Gasteiger partial charge in [-0.25, -0.2) is 0 Å². The molecule has 0 unspecified atom stereocenters. The highest BCUT2D eigenvalue weighted by molar-refractivity contribution is 8.00. The van der Waals surface area contributed by atoms with E-state index in [-0.39, 0.29) is 17.7 Å². The number of amides is 2. The minimum absolute atomic E-state index is 0.0641. The summed E-state index contributed by atoms with van der Waals surface area (Å²) >= 11 is 4.92. The molecule has 1 fully saturated rings. The Morgan fingerprint density at radius 1 is 1.19 bits per heavy atom. The molecule has 32 heavy (non-hydrogen) atoms. The molecule has 1 aliphatic heterocycles. The third-order valence-corrected chi connectivity index (χ3v) is 8.80. The van der Waals surface area contributed by atoms with Gasteiger partial charge in [0.25, 0.3) is 11.8 Å². The lowest BCUT2D eigenvalue weighted by atomic mass is 9.89. The third kappa shape index (κ3) is 5.42. The first kappa shape index (κ1) is 23.0. The molecule has 1 aliphatic rings. The number of rotatable bonds is 7. The van der Waals surface area contributed by atoms with Crippen molar-refractivity contribution < 1.29 is 9.59 Å². The van der Waals surface area contributed by atoms with Crippen molar-refractivity contribution in [3.8, 4) is 0 Å². The van der Waals surface area contributed by atoms with Crippen molar-refractivity contribution >= 4 is 46.2 Å². The van der Waals surface area contributed by atoms with E-state index in [1.54, 1.807) is 34.4 Å². The molecule has 2 amide bonds. The minimum Gasteiger partial charge on any atom is -0.352 e. The average molecular weight is 486 g/mol. The van der Waals surface area contributed by atoms with Crippen molar-refractivity contribution in [3.05, 3.63) is 68.5 Å². The Bertz CT molecular complexity index is 1070. The number of thioether (sulfide) groups is 1. The lowest BCUT2D eigenvalue weighted by molar-refractivity contribution is 0.0715. The summed E-state index contributed by atoms with van der Waals surface area (Å²) < 4.78 is 1.15. The summed E-state index contributed by atoms with van der Waals surface area (Å²) in [6.07, 6.45) is 4.49. The smallest absolute Gasteiger partial charge is 0.263 e. The summed E-state index contributed by atoms with van der Waals surface area (Å²) in [6.45, 7) is 3.94. The summed E-state index contributed by atoms with van der Waals surface area (Å²) in [5.41, 5.74) is 2.44. The zero-order chi connectivity index (χ0) is 22.5. The minimum atomic E-state index is -0.0641. The highest BCUT2D eigenvalue weighted by atomic mass is 32.2. The van der Waals surface area contributed by atoms with Crippen LogP contribution in [0.1, 0.15) is 55.1 Å². The molecule has 0 saturated carbocycles. The van der Waals surface area contributed by atoms with Gasteiger partial charge in [0.1, 0.15) is 0 Å². The van der Waals surface area contributed by atoms with Crippen LogP contribution in [-0.2, 0) is 6.42 Å². The molecule has 1 N–H and O–H groups in total. The highest BCUT2D eigenvalue weighted by Crippen LogP contribution is 2.32. The molecule has 1 saturated heterocycles. The van der Waals surface area contributed by atoms with E-state index < -0.39 is 0 Å². The molecule has 4 heterocycles. The van der Waals surface area contributed by atoms with E-state index in [9.17, 15) is 9.59 Å². The molecule has 5 nitrogen and oxygen atoms in total. The van der Waals surface area contributed by atoms with Gasteiger partial charge in [-0.2, -0.15) is 0 Å². The molecule has 3 aromatic rings. The molecule has 3 aromatic heterocycles. The van der Waals surface area contributed by atoms with Crippen LogP contribution in [0.15, 0.2) is 46.0 Å². The monoisotopic (exact) mass is 485 g/mol. The molecule has 168 valence electrons. The molecular weight excluding hydrogens is 458 g/mol. The van der Waals surface area contributed by atoms with Crippen LogP contribution in [0.4, 0.5) is 0 Å². The summed E-state index contributed by atoms with van der Waals surface area (Å²) in [6, 6.07) is 11.8. The van der Waals surface area contributed by atoms with E-state index in [0.717, 1.165) is 39.7 Å². The van der Waals surface area contributed by atoms with Gasteiger partial charge in [0.15, 0.2) is 0 Å². The van der Waals surface area contributed by atoms with Gasteiger partial charge in [0, 0.05) is 36.1 Å². The van der Waals surface area contributed by atoms with Gasteiger partial charge < -0.3 is 10.2 Å². The van der Waals surface area contributed by atoms with Crippen LogP contribution in [0.2, 0.25) is 0 Å². The number of thiophene rings is 2. The zero-order valence-electron chi connectivity index (χ0n) is 18.3. The summed E-state index contributed by atoms with van der Waals surface area (Å²) in [5, 5.41) is 5.11. The highest BCUT2D eigenvalue weighted by Gasteiger charge is 2.28. The number of carbonyl (C=O) groups is 2. The van der Waals surface area contributed by atoms with Crippen LogP contribution in [0.25, 0.3) is 0 Å². The number of likely N-dealkylation sites (tertiary alicyclic amines) is 1. The van der Waals surface area contributed by atoms with Gasteiger partial charge in [0.2, 0.25) is 0 Å². The van der Waals surface area contributed by atoms with Crippen LogP contribution in [-0.4, -0.2) is 47.6 Å². The maximum absolute atomic E-state index is 12.9. The van der Waals surface area contributed by atoms with E-state index in [4.69, 9.17) is 4.98 Å². The number of aromatic nitrogens is 1. The van der Waals surface area contributed by atoms with Crippen molar-refractivity contribution in [2.75, 3.05) is 25.9 Å². The van der Waals surface area contributed by atoms with Crippen molar-refractivity contribution in [2.24, 2.45) is 0 Å². The summed E-state index contributed by atoms with van der Waals surface area (Å²) in [5.74, 6) is 0.227.